The maximum Gasteiger partial charge on any atom is 0.169 e. The minimum atomic E-state index is -1.48. The number of hydrogen-bond donors (Lipinski definition) is 0. The molecule has 0 saturated carbocycles. The minimum Gasteiger partial charge on any atom is -0.375 e. The van der Waals surface area contributed by atoms with Crippen molar-refractivity contribution in [2.24, 2.45) is 0 Å². The summed E-state index contributed by atoms with van der Waals surface area (Å²) in [6.45, 7) is 2.16. The number of alkyl halides is 1. The van der Waals surface area contributed by atoms with Gasteiger partial charge in [-0.25, -0.2) is 13.2 Å². The van der Waals surface area contributed by atoms with E-state index in [0.29, 0.717) is 6.42 Å². The van der Waals surface area contributed by atoms with Crippen LogP contribution in [-0.2, 0) is 11.2 Å². The highest BCUT2D eigenvalue weighted by molar-refractivity contribution is 9.10. The van der Waals surface area contributed by atoms with Crippen molar-refractivity contribution in [3.05, 3.63) is 74.8 Å². The Hall–Kier alpha value is -1.63. The van der Waals surface area contributed by atoms with Gasteiger partial charge < -0.3 is 4.74 Å². The van der Waals surface area contributed by atoms with Crippen LogP contribution in [0.5, 0.6) is 0 Å². The van der Waals surface area contributed by atoms with Crippen LogP contribution in [0.3, 0.4) is 0 Å². The van der Waals surface area contributed by atoms with Gasteiger partial charge in [-0.3, -0.25) is 4.90 Å². The first kappa shape index (κ1) is 19.3. The second-order valence-corrected chi connectivity index (χ2v) is 9.22. The van der Waals surface area contributed by atoms with Crippen LogP contribution in [-0.4, -0.2) is 36.4 Å². The summed E-state index contributed by atoms with van der Waals surface area (Å²) in [5, 5.41) is 0. The molecule has 2 nitrogen and oxygen atoms in total. The molecule has 2 aliphatic heterocycles. The van der Waals surface area contributed by atoms with Crippen molar-refractivity contribution < 1.29 is 17.9 Å². The number of rotatable bonds is 3. The van der Waals surface area contributed by atoms with Crippen molar-refractivity contribution >= 4 is 21.5 Å². The van der Waals surface area contributed by atoms with Crippen LogP contribution >= 0.6 is 15.9 Å². The smallest absolute Gasteiger partial charge is 0.169 e. The van der Waals surface area contributed by atoms with Crippen LogP contribution in [0, 0.1) is 11.6 Å². The van der Waals surface area contributed by atoms with E-state index in [1.165, 1.54) is 12.1 Å². The molecule has 2 heterocycles. The highest BCUT2D eigenvalue weighted by atomic mass is 79.9. The standard InChI is InChI=1S/C23H21BrF3NO/c1-13-8-16-15-5-3-2-4-14(15)9-17(16)22(28(13)10-23(27)11-29-12-23)20-19(25)7-6-18(24)21(20)26/h2-7,13,22H,8-12H2,1H3/t13-,22+/m1/s1. The van der Waals surface area contributed by atoms with Gasteiger partial charge in [0.1, 0.15) is 11.6 Å². The average molecular weight is 464 g/mol. The lowest BCUT2D eigenvalue weighted by atomic mass is 9.83. The lowest BCUT2D eigenvalue weighted by Crippen LogP contribution is -2.57. The van der Waals surface area contributed by atoms with Crippen molar-refractivity contribution in [2.75, 3.05) is 19.8 Å². The number of ether oxygens (including phenoxy) is 1. The Labute approximate surface area is 176 Å². The van der Waals surface area contributed by atoms with Crippen LogP contribution in [0.1, 0.15) is 36.1 Å². The molecule has 3 aliphatic rings. The van der Waals surface area contributed by atoms with Gasteiger partial charge in [0.05, 0.1) is 23.7 Å². The lowest BCUT2D eigenvalue weighted by molar-refractivity contribution is -0.147. The summed E-state index contributed by atoms with van der Waals surface area (Å²) >= 11 is 3.20. The molecule has 6 heteroatoms. The topological polar surface area (TPSA) is 12.5 Å². The monoisotopic (exact) mass is 463 g/mol. The molecule has 0 N–H and O–H groups in total. The van der Waals surface area contributed by atoms with Gasteiger partial charge in [0.15, 0.2) is 5.67 Å². The quantitative estimate of drug-likeness (QED) is 0.548. The van der Waals surface area contributed by atoms with Crippen LogP contribution in [0.4, 0.5) is 13.2 Å². The Morgan fingerprint density at radius 3 is 2.66 bits per heavy atom. The van der Waals surface area contributed by atoms with Gasteiger partial charge in [-0.05, 0) is 70.1 Å². The van der Waals surface area contributed by atoms with E-state index in [-0.39, 0.29) is 35.8 Å². The van der Waals surface area contributed by atoms with Crippen LogP contribution in [0.15, 0.2) is 46.4 Å². The molecule has 0 spiro atoms. The highest BCUT2D eigenvalue weighted by Gasteiger charge is 2.47. The number of benzene rings is 2. The van der Waals surface area contributed by atoms with Crippen molar-refractivity contribution in [1.82, 2.24) is 4.90 Å². The minimum absolute atomic E-state index is 0.00456. The second kappa shape index (κ2) is 6.96. The first-order valence-electron chi connectivity index (χ1n) is 9.84. The van der Waals surface area contributed by atoms with E-state index in [0.717, 1.165) is 28.7 Å². The molecular formula is C23H21BrF3NO. The molecule has 5 rings (SSSR count). The van der Waals surface area contributed by atoms with Gasteiger partial charge in [-0.1, -0.05) is 24.3 Å². The van der Waals surface area contributed by atoms with E-state index >= 15 is 13.2 Å². The zero-order chi connectivity index (χ0) is 20.3. The van der Waals surface area contributed by atoms with Gasteiger partial charge in [0.2, 0.25) is 0 Å². The maximum atomic E-state index is 15.2. The highest BCUT2D eigenvalue weighted by Crippen LogP contribution is 2.50. The van der Waals surface area contributed by atoms with E-state index < -0.39 is 23.3 Å². The molecule has 2 atom stereocenters. The van der Waals surface area contributed by atoms with E-state index in [2.05, 4.69) is 28.1 Å². The maximum absolute atomic E-state index is 15.2. The Kier molecular flexibility index (Phi) is 4.64. The normalized spacial score (nSPS) is 25.6. The van der Waals surface area contributed by atoms with Gasteiger partial charge in [0, 0.05) is 18.2 Å². The molecule has 0 aromatic heterocycles. The zero-order valence-corrected chi connectivity index (χ0v) is 17.6. The third kappa shape index (κ3) is 3.07. The van der Waals surface area contributed by atoms with Gasteiger partial charge in [-0.15, -0.1) is 0 Å². The fraction of sp³-hybridized carbons (Fsp3) is 0.391. The van der Waals surface area contributed by atoms with E-state index in [4.69, 9.17) is 4.74 Å². The Balaban J connectivity index is 1.67. The van der Waals surface area contributed by atoms with Crippen molar-refractivity contribution in [1.29, 1.82) is 0 Å². The van der Waals surface area contributed by atoms with Gasteiger partial charge in [-0.2, -0.15) is 0 Å². The molecule has 2 aromatic rings. The van der Waals surface area contributed by atoms with Crippen molar-refractivity contribution in [3.8, 4) is 0 Å². The van der Waals surface area contributed by atoms with Crippen molar-refractivity contribution in [3.63, 3.8) is 0 Å². The molecule has 1 aliphatic carbocycles. The number of fused-ring (bicyclic) bond motifs is 2. The SMILES string of the molecule is C[C@@H]1CC2=C(Cc3ccccc32)[C@@H](c2c(F)ccc(Br)c2F)N1CC1(F)COC1. The molecule has 2 aromatic carbocycles. The molecule has 152 valence electrons. The summed E-state index contributed by atoms with van der Waals surface area (Å²) in [5.74, 6) is -1.22. The first-order chi connectivity index (χ1) is 13.9. The predicted molar refractivity (Wildman–Crippen MR) is 109 cm³/mol. The third-order valence-electron chi connectivity index (χ3n) is 6.38. The van der Waals surface area contributed by atoms with E-state index in [9.17, 15) is 0 Å². The summed E-state index contributed by atoms with van der Waals surface area (Å²) < 4.78 is 50.6. The molecule has 1 saturated heterocycles. The number of halogens is 4. The van der Waals surface area contributed by atoms with E-state index in [1.54, 1.807) is 0 Å². The lowest BCUT2D eigenvalue weighted by Gasteiger charge is -2.47. The predicted octanol–water partition coefficient (Wildman–Crippen LogP) is 5.61. The second-order valence-electron chi connectivity index (χ2n) is 8.37. The number of nitrogens with zero attached hydrogens (tertiary/aromatic N) is 1. The summed E-state index contributed by atoms with van der Waals surface area (Å²) in [5.41, 5.74) is 2.95. The fourth-order valence-electron chi connectivity index (χ4n) is 4.95. The Bertz CT molecular complexity index is 1020. The van der Waals surface area contributed by atoms with Gasteiger partial charge in [0.25, 0.3) is 0 Å². The third-order valence-corrected chi connectivity index (χ3v) is 6.99. The molecule has 0 radical (unpaired) electrons. The molecule has 0 bridgehead atoms. The fourth-order valence-corrected chi connectivity index (χ4v) is 5.29. The summed E-state index contributed by atoms with van der Waals surface area (Å²) in [6, 6.07) is 10.0. The van der Waals surface area contributed by atoms with Crippen molar-refractivity contribution in [2.45, 2.75) is 37.5 Å². The largest absolute Gasteiger partial charge is 0.375 e. The molecule has 0 unspecified atom stereocenters. The van der Waals surface area contributed by atoms with E-state index in [1.807, 2.05) is 24.0 Å². The molecule has 1 fully saturated rings. The summed E-state index contributed by atoms with van der Waals surface area (Å²) in [4.78, 5) is 1.93. The van der Waals surface area contributed by atoms with Crippen LogP contribution in [0.2, 0.25) is 0 Å². The molecule has 29 heavy (non-hydrogen) atoms. The first-order valence-corrected chi connectivity index (χ1v) is 10.6. The number of hydrogen-bond acceptors (Lipinski definition) is 2. The molecular weight excluding hydrogens is 443 g/mol. The summed E-state index contributed by atoms with van der Waals surface area (Å²) in [7, 11) is 0. The molecule has 0 amide bonds. The van der Waals surface area contributed by atoms with Gasteiger partial charge >= 0.3 is 0 Å². The Morgan fingerprint density at radius 1 is 1.17 bits per heavy atom. The average Bonchev–Trinajstić information content (AvgIpc) is 3.04. The zero-order valence-electron chi connectivity index (χ0n) is 16.0. The van der Waals surface area contributed by atoms with Crippen LogP contribution < -0.4 is 0 Å². The van der Waals surface area contributed by atoms with Crippen LogP contribution in [0.25, 0.3) is 5.57 Å². The summed E-state index contributed by atoms with van der Waals surface area (Å²) in [6.07, 6.45) is 1.36. The Morgan fingerprint density at radius 2 is 1.93 bits per heavy atom.